The lowest BCUT2D eigenvalue weighted by molar-refractivity contribution is -0.121. The fraction of sp³-hybridized carbons (Fsp3) is 0.333. The molecule has 0 radical (unpaired) electrons. The summed E-state index contributed by atoms with van der Waals surface area (Å²) in [5, 5.41) is 7.73. The number of carbonyl (C=O) groups excluding carboxylic acids is 1. The average molecular weight is 505 g/mol. The van der Waals surface area contributed by atoms with Gasteiger partial charge in [-0.05, 0) is 55.3 Å². The van der Waals surface area contributed by atoms with Crippen molar-refractivity contribution in [2.45, 2.75) is 25.2 Å². The second kappa shape index (κ2) is 11.5. The third-order valence-electron chi connectivity index (χ3n) is 5.31. The first-order chi connectivity index (χ1) is 16.3. The fourth-order valence-electron chi connectivity index (χ4n) is 3.52. The Morgan fingerprint density at radius 2 is 1.94 bits per heavy atom. The number of fused-ring (bicyclic) bond motifs is 1. The van der Waals surface area contributed by atoms with Crippen LogP contribution in [0.1, 0.15) is 18.9 Å². The lowest BCUT2D eigenvalue weighted by Gasteiger charge is -2.21. The maximum atomic E-state index is 13.1. The lowest BCUT2D eigenvalue weighted by atomic mass is 10.2. The summed E-state index contributed by atoms with van der Waals surface area (Å²) in [5.74, 6) is -0.109. The van der Waals surface area contributed by atoms with E-state index in [0.29, 0.717) is 24.5 Å². The highest BCUT2D eigenvalue weighted by molar-refractivity contribution is 7.89. The van der Waals surface area contributed by atoms with E-state index < -0.39 is 10.0 Å². The molecule has 0 aliphatic carbocycles. The molecule has 0 aliphatic rings. The minimum atomic E-state index is -3.89. The van der Waals surface area contributed by atoms with Gasteiger partial charge in [0.05, 0.1) is 19.2 Å². The molecular weight excluding hydrogens is 476 g/mol. The molecule has 2 N–H and O–H groups in total. The molecular formula is C24H29ClN4O4S. The van der Waals surface area contributed by atoms with E-state index in [1.165, 1.54) is 7.11 Å². The van der Waals surface area contributed by atoms with Crippen molar-refractivity contribution in [3.8, 4) is 5.75 Å². The van der Waals surface area contributed by atoms with Crippen LogP contribution in [0.5, 0.6) is 5.75 Å². The van der Waals surface area contributed by atoms with E-state index in [1.54, 1.807) is 38.2 Å². The van der Waals surface area contributed by atoms with Gasteiger partial charge < -0.3 is 15.4 Å². The number of likely N-dealkylation sites (N-methyl/N-ethyl adjacent to an activating group) is 1. The third-order valence-corrected chi connectivity index (χ3v) is 7.48. The number of aromatic nitrogens is 1. The van der Waals surface area contributed by atoms with Gasteiger partial charge in [0.2, 0.25) is 15.9 Å². The Kier molecular flexibility index (Phi) is 8.71. The van der Waals surface area contributed by atoms with Crippen LogP contribution in [0.4, 0.5) is 5.69 Å². The number of aryl methyl sites for hydroxylation is 1. The van der Waals surface area contributed by atoms with Crippen molar-refractivity contribution >= 4 is 44.1 Å². The number of sulfonamides is 1. The molecule has 0 aliphatic heterocycles. The van der Waals surface area contributed by atoms with Crippen LogP contribution in [0, 0.1) is 6.92 Å². The Morgan fingerprint density at radius 1 is 1.15 bits per heavy atom. The molecule has 3 rings (SSSR count). The number of halogens is 1. The van der Waals surface area contributed by atoms with Gasteiger partial charge in [-0.15, -0.1) is 0 Å². The van der Waals surface area contributed by atoms with Crippen LogP contribution in [0.15, 0.2) is 53.6 Å². The molecule has 1 heterocycles. The van der Waals surface area contributed by atoms with Gasteiger partial charge in [-0.25, -0.2) is 8.42 Å². The van der Waals surface area contributed by atoms with Gasteiger partial charge in [0.15, 0.2) is 0 Å². The van der Waals surface area contributed by atoms with Crippen molar-refractivity contribution in [3.05, 3.63) is 59.2 Å². The zero-order valence-electron chi connectivity index (χ0n) is 19.5. The molecule has 34 heavy (non-hydrogen) atoms. The number of nitrogens with zero attached hydrogens (tertiary/aromatic N) is 2. The summed E-state index contributed by atoms with van der Waals surface area (Å²) in [7, 11) is -2.47. The Hall–Kier alpha value is -2.88. The number of nitrogens with one attached hydrogen (secondary N) is 2. The summed E-state index contributed by atoms with van der Waals surface area (Å²) < 4.78 is 32.6. The van der Waals surface area contributed by atoms with Crippen LogP contribution in [-0.4, -0.2) is 56.9 Å². The zero-order chi connectivity index (χ0) is 24.7. The molecule has 0 bridgehead atoms. The maximum Gasteiger partial charge on any atom is 0.247 e. The van der Waals surface area contributed by atoms with E-state index in [2.05, 4.69) is 15.6 Å². The van der Waals surface area contributed by atoms with Gasteiger partial charge in [-0.2, -0.15) is 4.31 Å². The van der Waals surface area contributed by atoms with Gasteiger partial charge in [0.25, 0.3) is 0 Å². The van der Waals surface area contributed by atoms with Gasteiger partial charge >= 0.3 is 0 Å². The SMILES string of the molecule is CCN(CC(=O)NCCCNc1ccnc2cc(Cl)ccc12)S(=O)(=O)c1cc(C)ccc1OC. The number of amides is 1. The molecule has 0 atom stereocenters. The third kappa shape index (κ3) is 6.16. The van der Waals surface area contributed by atoms with Crippen molar-refractivity contribution in [1.29, 1.82) is 0 Å². The van der Waals surface area contributed by atoms with Crippen LogP contribution in [0.25, 0.3) is 10.9 Å². The van der Waals surface area contributed by atoms with Gasteiger partial charge in [0.1, 0.15) is 10.6 Å². The molecule has 10 heteroatoms. The van der Waals surface area contributed by atoms with E-state index in [4.69, 9.17) is 16.3 Å². The lowest BCUT2D eigenvalue weighted by Crippen LogP contribution is -2.41. The summed E-state index contributed by atoms with van der Waals surface area (Å²) in [5.41, 5.74) is 2.53. The summed E-state index contributed by atoms with van der Waals surface area (Å²) >= 11 is 6.03. The van der Waals surface area contributed by atoms with Crippen LogP contribution in [0.2, 0.25) is 5.02 Å². The fourth-order valence-corrected chi connectivity index (χ4v) is 5.33. The number of carbonyl (C=O) groups is 1. The van der Waals surface area contributed by atoms with Crippen molar-refractivity contribution in [2.75, 3.05) is 38.6 Å². The predicted octanol–water partition coefficient (Wildman–Crippen LogP) is 3.83. The van der Waals surface area contributed by atoms with E-state index in [9.17, 15) is 13.2 Å². The van der Waals surface area contributed by atoms with Crippen molar-refractivity contribution in [3.63, 3.8) is 0 Å². The Bertz CT molecular complexity index is 1270. The minimum Gasteiger partial charge on any atom is -0.495 e. The van der Waals surface area contributed by atoms with Crippen LogP contribution in [0.3, 0.4) is 0 Å². The quantitative estimate of drug-likeness (QED) is 0.385. The summed E-state index contributed by atoms with van der Waals surface area (Å²) in [6.45, 7) is 4.43. The van der Waals surface area contributed by atoms with Crippen molar-refractivity contribution < 1.29 is 17.9 Å². The van der Waals surface area contributed by atoms with Gasteiger partial charge in [-0.1, -0.05) is 24.6 Å². The number of ether oxygens (including phenoxy) is 1. The maximum absolute atomic E-state index is 13.1. The molecule has 182 valence electrons. The molecule has 1 aromatic heterocycles. The van der Waals surface area contributed by atoms with Crippen LogP contribution in [-0.2, 0) is 14.8 Å². The number of benzene rings is 2. The predicted molar refractivity (Wildman–Crippen MR) is 135 cm³/mol. The second-order valence-corrected chi connectivity index (χ2v) is 10.1. The van der Waals surface area contributed by atoms with Gasteiger partial charge in [-0.3, -0.25) is 9.78 Å². The highest BCUT2D eigenvalue weighted by Crippen LogP contribution is 2.28. The Balaban J connectivity index is 1.53. The zero-order valence-corrected chi connectivity index (χ0v) is 21.0. The minimum absolute atomic E-state index is 0.0553. The van der Waals surface area contributed by atoms with E-state index in [-0.39, 0.29) is 29.6 Å². The molecule has 0 fully saturated rings. The second-order valence-electron chi connectivity index (χ2n) is 7.74. The molecule has 2 aromatic carbocycles. The topological polar surface area (TPSA) is 101 Å². The van der Waals surface area contributed by atoms with Crippen LogP contribution >= 0.6 is 11.6 Å². The first-order valence-electron chi connectivity index (χ1n) is 11.0. The summed E-state index contributed by atoms with van der Waals surface area (Å²) in [4.78, 5) is 16.8. The molecule has 8 nitrogen and oxygen atoms in total. The Labute approximate surface area is 205 Å². The highest BCUT2D eigenvalue weighted by Gasteiger charge is 2.28. The smallest absolute Gasteiger partial charge is 0.247 e. The first kappa shape index (κ1) is 25.7. The average Bonchev–Trinajstić information content (AvgIpc) is 2.82. The standard InChI is InChI=1S/C24H29ClN4O4S/c1-4-29(34(31,32)23-14-17(2)6-9-22(23)33-3)16-24(30)28-12-5-11-26-20-10-13-27-21-15-18(25)7-8-19(20)21/h6-10,13-15H,4-5,11-12,16H2,1-3H3,(H,26,27)(H,28,30). The number of hydrogen-bond donors (Lipinski definition) is 2. The number of anilines is 1. The molecule has 0 unspecified atom stereocenters. The summed E-state index contributed by atoms with van der Waals surface area (Å²) in [6, 6.07) is 12.4. The molecule has 0 saturated heterocycles. The van der Waals surface area contributed by atoms with Crippen LogP contribution < -0.4 is 15.4 Å². The molecule has 0 spiro atoms. The largest absolute Gasteiger partial charge is 0.495 e. The number of hydrogen-bond acceptors (Lipinski definition) is 6. The number of rotatable bonds is 11. The first-order valence-corrected chi connectivity index (χ1v) is 12.8. The summed E-state index contributed by atoms with van der Waals surface area (Å²) in [6.07, 6.45) is 2.37. The Morgan fingerprint density at radius 3 is 2.68 bits per heavy atom. The monoisotopic (exact) mass is 504 g/mol. The van der Waals surface area contributed by atoms with Crippen molar-refractivity contribution in [1.82, 2.24) is 14.6 Å². The molecule has 3 aromatic rings. The normalized spacial score (nSPS) is 11.6. The number of methoxy groups -OCH3 is 1. The molecule has 1 amide bonds. The highest BCUT2D eigenvalue weighted by atomic mass is 35.5. The van der Waals surface area contributed by atoms with E-state index >= 15 is 0 Å². The van der Waals surface area contributed by atoms with Crippen molar-refractivity contribution in [2.24, 2.45) is 0 Å². The van der Waals surface area contributed by atoms with E-state index in [0.717, 1.165) is 26.5 Å². The van der Waals surface area contributed by atoms with E-state index in [1.807, 2.05) is 24.3 Å². The number of pyridine rings is 1. The molecule has 0 saturated carbocycles. The van der Waals surface area contributed by atoms with Gasteiger partial charge in [0, 0.05) is 41.9 Å².